The Labute approximate surface area is 197 Å². The molecule has 5 rings (SSSR count). The number of piperidine rings is 1. The highest BCUT2D eigenvalue weighted by atomic mass is 35.5. The molecule has 2 N–H and O–H groups in total. The molecular formula is C26H25ClN4O2. The van der Waals surface area contributed by atoms with E-state index in [-0.39, 0.29) is 5.97 Å². The zero-order valence-electron chi connectivity index (χ0n) is 18.2. The van der Waals surface area contributed by atoms with Gasteiger partial charge in [-0.1, -0.05) is 30.2 Å². The summed E-state index contributed by atoms with van der Waals surface area (Å²) in [7, 11) is 0. The normalized spacial score (nSPS) is 16.1. The van der Waals surface area contributed by atoms with Crippen molar-refractivity contribution >= 4 is 50.8 Å². The molecule has 2 aromatic carbocycles. The van der Waals surface area contributed by atoms with Crippen molar-refractivity contribution in [3.63, 3.8) is 0 Å². The molecule has 0 saturated carbocycles. The Morgan fingerprint density at radius 1 is 1.12 bits per heavy atom. The summed E-state index contributed by atoms with van der Waals surface area (Å²) in [6.45, 7) is 1.45. The Morgan fingerprint density at radius 3 is 2.91 bits per heavy atom. The van der Waals surface area contributed by atoms with E-state index in [1.807, 2.05) is 42.6 Å². The highest BCUT2D eigenvalue weighted by molar-refractivity contribution is 6.30. The molecule has 1 atom stereocenters. The van der Waals surface area contributed by atoms with E-state index in [9.17, 15) is 4.79 Å². The highest BCUT2D eigenvalue weighted by Crippen LogP contribution is 2.31. The summed E-state index contributed by atoms with van der Waals surface area (Å²) in [6, 6.07) is 15.3. The van der Waals surface area contributed by atoms with Gasteiger partial charge in [-0.15, -0.1) is 0 Å². The largest absolute Gasteiger partial charge is 0.462 e. The number of carbonyl (C=O) groups is 1. The first-order valence-corrected chi connectivity index (χ1v) is 11.7. The van der Waals surface area contributed by atoms with Crippen LogP contribution in [-0.4, -0.2) is 35.1 Å². The summed E-state index contributed by atoms with van der Waals surface area (Å²) in [6.07, 6.45) is 7.99. The molecule has 2 aromatic heterocycles. The van der Waals surface area contributed by atoms with E-state index in [1.165, 1.54) is 12.8 Å². The van der Waals surface area contributed by atoms with Gasteiger partial charge in [-0.2, -0.15) is 0 Å². The number of fused-ring (bicyclic) bond motifs is 3. The molecule has 7 heteroatoms. The van der Waals surface area contributed by atoms with Crippen molar-refractivity contribution < 1.29 is 9.53 Å². The first-order valence-electron chi connectivity index (χ1n) is 11.3. The predicted molar refractivity (Wildman–Crippen MR) is 132 cm³/mol. The molecule has 1 saturated heterocycles. The fraction of sp³-hybridized carbons (Fsp3) is 0.269. The lowest BCUT2D eigenvalue weighted by Crippen LogP contribution is -2.35. The van der Waals surface area contributed by atoms with E-state index < -0.39 is 0 Å². The number of pyridine rings is 2. The maximum atomic E-state index is 12.7. The van der Waals surface area contributed by atoms with E-state index in [4.69, 9.17) is 21.3 Å². The van der Waals surface area contributed by atoms with Crippen LogP contribution in [0.15, 0.2) is 60.9 Å². The van der Waals surface area contributed by atoms with E-state index in [0.29, 0.717) is 34.6 Å². The molecule has 1 aliphatic heterocycles. The average Bonchev–Trinajstić information content (AvgIpc) is 2.84. The number of carbonyl (C=O) groups excluding carboxylic acids is 1. The highest BCUT2D eigenvalue weighted by Gasteiger charge is 2.15. The van der Waals surface area contributed by atoms with Gasteiger partial charge in [0.25, 0.3) is 0 Å². The van der Waals surface area contributed by atoms with Gasteiger partial charge in [0.2, 0.25) is 0 Å². The van der Waals surface area contributed by atoms with Crippen molar-refractivity contribution in [2.45, 2.75) is 31.7 Å². The molecule has 0 amide bonds. The van der Waals surface area contributed by atoms with Crippen molar-refractivity contribution in [1.82, 2.24) is 15.3 Å². The molecule has 0 spiro atoms. The minimum Gasteiger partial charge on any atom is -0.462 e. The quantitative estimate of drug-likeness (QED) is 0.277. The van der Waals surface area contributed by atoms with E-state index >= 15 is 0 Å². The van der Waals surface area contributed by atoms with Gasteiger partial charge in [0.1, 0.15) is 5.82 Å². The number of nitrogens with one attached hydrogen (secondary N) is 2. The molecule has 0 aliphatic carbocycles. The topological polar surface area (TPSA) is 76.1 Å². The average molecular weight is 461 g/mol. The van der Waals surface area contributed by atoms with Crippen LogP contribution in [0.2, 0.25) is 5.02 Å². The number of rotatable bonds is 6. The first kappa shape index (κ1) is 21.6. The van der Waals surface area contributed by atoms with Gasteiger partial charge in [-0.3, -0.25) is 4.98 Å². The zero-order valence-corrected chi connectivity index (χ0v) is 18.9. The number of halogens is 1. The van der Waals surface area contributed by atoms with E-state index in [2.05, 4.69) is 15.6 Å². The summed E-state index contributed by atoms with van der Waals surface area (Å²) in [5.74, 6) is 0.348. The Balaban J connectivity index is 1.41. The second-order valence-corrected chi connectivity index (χ2v) is 8.76. The van der Waals surface area contributed by atoms with Crippen LogP contribution < -0.4 is 10.6 Å². The summed E-state index contributed by atoms with van der Waals surface area (Å²) in [5.41, 5.74) is 2.02. The second-order valence-electron chi connectivity index (χ2n) is 8.32. The summed E-state index contributed by atoms with van der Waals surface area (Å²) in [5, 5.41) is 10.3. The number of hydrogen-bond acceptors (Lipinski definition) is 6. The smallest absolute Gasteiger partial charge is 0.338 e. The minimum atomic E-state index is -0.329. The van der Waals surface area contributed by atoms with Gasteiger partial charge >= 0.3 is 5.97 Å². The minimum absolute atomic E-state index is 0.329. The molecule has 33 heavy (non-hydrogen) atoms. The third kappa shape index (κ3) is 4.92. The molecule has 1 aliphatic rings. The van der Waals surface area contributed by atoms with Gasteiger partial charge in [0.05, 0.1) is 17.7 Å². The molecule has 6 nitrogen and oxygen atoms in total. The van der Waals surface area contributed by atoms with Crippen LogP contribution >= 0.6 is 11.6 Å². The van der Waals surface area contributed by atoms with Crippen LogP contribution in [0.1, 0.15) is 36.0 Å². The SMILES string of the molecule is O=C(OCCC1CCCCN1)c1ccc2c(c1)nc(Nc1cccc(Cl)c1)c1ccncc12. The molecular weight excluding hydrogens is 436 g/mol. The van der Waals surface area contributed by atoms with E-state index in [1.54, 1.807) is 18.3 Å². The Bertz CT molecular complexity index is 1300. The molecule has 3 heterocycles. The van der Waals surface area contributed by atoms with Crippen LogP contribution in [-0.2, 0) is 4.74 Å². The van der Waals surface area contributed by atoms with Gasteiger partial charge < -0.3 is 15.4 Å². The number of anilines is 2. The fourth-order valence-corrected chi connectivity index (χ4v) is 4.51. The standard InChI is InChI=1S/C26H25ClN4O2/c27-18-4-3-6-20(15-18)30-25-22-9-12-28-16-23(22)21-8-7-17(14-24(21)31-25)26(32)33-13-10-19-5-1-2-11-29-19/h3-4,6-9,12,14-16,19,29H,1-2,5,10-11,13H2,(H,30,31). The Kier molecular flexibility index (Phi) is 6.37. The van der Waals surface area contributed by atoms with Crippen LogP contribution in [0.5, 0.6) is 0 Å². The van der Waals surface area contributed by atoms with Crippen molar-refractivity contribution in [3.8, 4) is 0 Å². The zero-order chi connectivity index (χ0) is 22.6. The number of nitrogens with zero attached hydrogens (tertiary/aromatic N) is 2. The Morgan fingerprint density at radius 2 is 2.06 bits per heavy atom. The van der Waals surface area contributed by atoms with Gasteiger partial charge in [0, 0.05) is 45.3 Å². The van der Waals surface area contributed by atoms with Crippen LogP contribution in [0, 0.1) is 0 Å². The summed E-state index contributed by atoms with van der Waals surface area (Å²) >= 11 is 6.15. The molecule has 1 fully saturated rings. The van der Waals surface area contributed by atoms with Crippen molar-refractivity contribution in [2.24, 2.45) is 0 Å². The molecule has 4 aromatic rings. The lowest BCUT2D eigenvalue weighted by Gasteiger charge is -2.23. The van der Waals surface area contributed by atoms with Crippen LogP contribution in [0.4, 0.5) is 11.5 Å². The van der Waals surface area contributed by atoms with E-state index in [0.717, 1.165) is 41.2 Å². The molecule has 168 valence electrons. The maximum Gasteiger partial charge on any atom is 0.338 e. The second kappa shape index (κ2) is 9.73. The number of esters is 1. The third-order valence-electron chi connectivity index (χ3n) is 6.03. The molecule has 0 bridgehead atoms. The lowest BCUT2D eigenvalue weighted by atomic mass is 10.0. The van der Waals surface area contributed by atoms with Crippen molar-refractivity contribution in [1.29, 1.82) is 0 Å². The maximum absolute atomic E-state index is 12.7. The van der Waals surface area contributed by atoms with Gasteiger partial charge in [-0.25, -0.2) is 9.78 Å². The van der Waals surface area contributed by atoms with Crippen molar-refractivity contribution in [2.75, 3.05) is 18.5 Å². The number of benzene rings is 2. The fourth-order valence-electron chi connectivity index (χ4n) is 4.32. The van der Waals surface area contributed by atoms with Crippen LogP contribution in [0.3, 0.4) is 0 Å². The monoisotopic (exact) mass is 460 g/mol. The Hall–Kier alpha value is -3.22. The molecule has 0 radical (unpaired) electrons. The number of aromatic nitrogens is 2. The van der Waals surface area contributed by atoms with Gasteiger partial charge in [0.15, 0.2) is 0 Å². The molecule has 1 unspecified atom stereocenters. The first-order chi connectivity index (χ1) is 16.2. The predicted octanol–water partition coefficient (Wildman–Crippen LogP) is 5.87. The number of ether oxygens (including phenoxy) is 1. The number of hydrogen-bond donors (Lipinski definition) is 2. The third-order valence-corrected chi connectivity index (χ3v) is 6.27. The lowest BCUT2D eigenvalue weighted by molar-refractivity contribution is 0.0486. The van der Waals surface area contributed by atoms with Crippen molar-refractivity contribution in [3.05, 3.63) is 71.5 Å². The summed E-state index contributed by atoms with van der Waals surface area (Å²) < 4.78 is 5.56. The van der Waals surface area contributed by atoms with Crippen LogP contribution in [0.25, 0.3) is 21.7 Å². The van der Waals surface area contributed by atoms with Gasteiger partial charge in [-0.05, 0) is 62.2 Å². The summed E-state index contributed by atoms with van der Waals surface area (Å²) in [4.78, 5) is 21.8.